The predicted octanol–water partition coefficient (Wildman–Crippen LogP) is 1.92. The molecule has 1 fully saturated rings. The van der Waals surface area contributed by atoms with Crippen LogP contribution in [0.5, 0.6) is 0 Å². The molecule has 4 nitrogen and oxygen atoms in total. The first kappa shape index (κ1) is 11.9. The number of nitrogens with zero attached hydrogens (tertiary/aromatic N) is 2. The normalized spacial score (nSPS) is 24.0. The van der Waals surface area contributed by atoms with Crippen molar-refractivity contribution in [2.45, 2.75) is 31.8 Å². The average molecular weight is 231 g/mol. The summed E-state index contributed by atoms with van der Waals surface area (Å²) < 4.78 is 0. The monoisotopic (exact) mass is 231 g/mol. The van der Waals surface area contributed by atoms with E-state index in [2.05, 4.69) is 10.3 Å². The summed E-state index contributed by atoms with van der Waals surface area (Å²) in [6.07, 6.45) is 5.82. The van der Waals surface area contributed by atoms with Crippen molar-refractivity contribution in [3.63, 3.8) is 0 Å². The Morgan fingerprint density at radius 3 is 2.88 bits per heavy atom. The Hall–Kier alpha value is -1.60. The lowest BCUT2D eigenvalue weighted by Crippen LogP contribution is -2.30. The Labute approximate surface area is 101 Å². The topological polar surface area (TPSA) is 68.9 Å². The number of aliphatic hydroxyl groups is 1. The first-order valence-electron chi connectivity index (χ1n) is 6.07. The molecule has 1 saturated carbocycles. The number of rotatable bonds is 3. The fourth-order valence-electron chi connectivity index (χ4n) is 2.24. The summed E-state index contributed by atoms with van der Waals surface area (Å²) in [7, 11) is 0. The van der Waals surface area contributed by atoms with E-state index in [9.17, 15) is 5.11 Å². The van der Waals surface area contributed by atoms with Crippen molar-refractivity contribution in [2.75, 3.05) is 11.9 Å². The molecule has 2 unspecified atom stereocenters. The van der Waals surface area contributed by atoms with Gasteiger partial charge in [-0.05, 0) is 25.0 Å². The summed E-state index contributed by atoms with van der Waals surface area (Å²) in [6, 6.07) is 5.53. The summed E-state index contributed by atoms with van der Waals surface area (Å²) >= 11 is 0. The Morgan fingerprint density at radius 1 is 1.41 bits per heavy atom. The molecule has 1 aromatic rings. The summed E-state index contributed by atoms with van der Waals surface area (Å²) in [5.74, 6) is 0.333. The minimum atomic E-state index is -0.178. The van der Waals surface area contributed by atoms with Crippen LogP contribution in [0.25, 0.3) is 0 Å². The number of pyridine rings is 1. The minimum Gasteiger partial charge on any atom is -0.393 e. The lowest BCUT2D eigenvalue weighted by atomic mass is 9.86. The molecule has 90 valence electrons. The molecule has 1 heterocycles. The smallest absolute Gasteiger partial charge is 0.140 e. The number of nitriles is 1. The Kier molecular flexibility index (Phi) is 3.94. The molecule has 0 saturated heterocycles. The molecule has 2 atom stereocenters. The van der Waals surface area contributed by atoms with E-state index in [1.165, 1.54) is 6.42 Å². The second-order valence-corrected chi connectivity index (χ2v) is 4.54. The van der Waals surface area contributed by atoms with E-state index in [1.807, 2.05) is 12.1 Å². The zero-order valence-corrected chi connectivity index (χ0v) is 9.76. The molecule has 0 amide bonds. The van der Waals surface area contributed by atoms with Crippen LogP contribution in [0.3, 0.4) is 0 Å². The molecule has 0 aliphatic heterocycles. The zero-order chi connectivity index (χ0) is 12.1. The molecule has 1 aromatic heterocycles. The van der Waals surface area contributed by atoms with Gasteiger partial charge in [-0.1, -0.05) is 12.8 Å². The summed E-state index contributed by atoms with van der Waals surface area (Å²) in [6.45, 7) is 0.773. The van der Waals surface area contributed by atoms with Gasteiger partial charge < -0.3 is 10.4 Å². The van der Waals surface area contributed by atoms with E-state index in [1.54, 1.807) is 12.3 Å². The van der Waals surface area contributed by atoms with Crippen molar-refractivity contribution in [3.8, 4) is 6.07 Å². The third kappa shape index (κ3) is 3.18. The zero-order valence-electron chi connectivity index (χ0n) is 9.76. The van der Waals surface area contributed by atoms with Gasteiger partial charge in [-0.2, -0.15) is 5.26 Å². The van der Waals surface area contributed by atoms with Crippen LogP contribution in [-0.4, -0.2) is 22.7 Å². The van der Waals surface area contributed by atoms with E-state index in [-0.39, 0.29) is 6.10 Å². The Morgan fingerprint density at radius 2 is 2.24 bits per heavy atom. The molecule has 0 aromatic carbocycles. The van der Waals surface area contributed by atoms with Crippen LogP contribution in [-0.2, 0) is 0 Å². The standard InChI is InChI=1S/C13H17N3O/c14-7-11-5-6-12(9-16-11)15-8-10-3-1-2-4-13(10)17/h5-6,9-10,13,15,17H,1-4,8H2. The van der Waals surface area contributed by atoms with E-state index >= 15 is 0 Å². The van der Waals surface area contributed by atoms with Crippen LogP contribution in [0, 0.1) is 17.2 Å². The number of anilines is 1. The summed E-state index contributed by atoms with van der Waals surface area (Å²) in [4.78, 5) is 3.99. The number of aliphatic hydroxyl groups excluding tert-OH is 1. The maximum absolute atomic E-state index is 9.83. The van der Waals surface area contributed by atoms with Gasteiger partial charge in [0.1, 0.15) is 11.8 Å². The molecule has 0 bridgehead atoms. The molecule has 1 aliphatic rings. The minimum absolute atomic E-state index is 0.178. The fourth-order valence-corrected chi connectivity index (χ4v) is 2.24. The van der Waals surface area contributed by atoms with Gasteiger partial charge in [-0.15, -0.1) is 0 Å². The van der Waals surface area contributed by atoms with Crippen molar-refractivity contribution in [1.29, 1.82) is 5.26 Å². The van der Waals surface area contributed by atoms with Crippen LogP contribution in [0.15, 0.2) is 18.3 Å². The van der Waals surface area contributed by atoms with Crippen LogP contribution >= 0.6 is 0 Å². The maximum Gasteiger partial charge on any atom is 0.140 e. The second-order valence-electron chi connectivity index (χ2n) is 4.54. The van der Waals surface area contributed by atoms with Gasteiger partial charge in [0.15, 0.2) is 0 Å². The van der Waals surface area contributed by atoms with Crippen molar-refractivity contribution in [1.82, 2.24) is 4.98 Å². The Balaban J connectivity index is 1.86. The highest BCUT2D eigenvalue weighted by atomic mass is 16.3. The van der Waals surface area contributed by atoms with Gasteiger partial charge in [0.05, 0.1) is 18.0 Å². The first-order chi connectivity index (χ1) is 8.29. The van der Waals surface area contributed by atoms with Crippen molar-refractivity contribution in [2.24, 2.45) is 5.92 Å². The van der Waals surface area contributed by atoms with E-state index in [0.29, 0.717) is 11.6 Å². The molecule has 2 rings (SSSR count). The average Bonchev–Trinajstić information content (AvgIpc) is 2.38. The van der Waals surface area contributed by atoms with Crippen molar-refractivity contribution < 1.29 is 5.11 Å². The quantitative estimate of drug-likeness (QED) is 0.833. The van der Waals surface area contributed by atoms with Crippen molar-refractivity contribution in [3.05, 3.63) is 24.0 Å². The van der Waals surface area contributed by atoms with E-state index in [4.69, 9.17) is 5.26 Å². The highest BCUT2D eigenvalue weighted by molar-refractivity contribution is 5.42. The number of aromatic nitrogens is 1. The molecular formula is C13H17N3O. The molecule has 4 heteroatoms. The summed E-state index contributed by atoms with van der Waals surface area (Å²) in [5.41, 5.74) is 1.33. The SMILES string of the molecule is N#Cc1ccc(NCC2CCCCC2O)cn1. The molecule has 0 spiro atoms. The molecule has 17 heavy (non-hydrogen) atoms. The second kappa shape index (κ2) is 5.65. The summed E-state index contributed by atoms with van der Waals surface area (Å²) in [5, 5.41) is 21.7. The van der Waals surface area contributed by atoms with Gasteiger partial charge in [0.2, 0.25) is 0 Å². The van der Waals surface area contributed by atoms with Gasteiger partial charge in [0, 0.05) is 12.5 Å². The fraction of sp³-hybridized carbons (Fsp3) is 0.538. The molecule has 2 N–H and O–H groups in total. The highest BCUT2D eigenvalue weighted by Gasteiger charge is 2.22. The van der Waals surface area contributed by atoms with Crippen LogP contribution < -0.4 is 5.32 Å². The number of hydrogen-bond acceptors (Lipinski definition) is 4. The van der Waals surface area contributed by atoms with E-state index < -0.39 is 0 Å². The lowest BCUT2D eigenvalue weighted by molar-refractivity contribution is 0.0763. The van der Waals surface area contributed by atoms with Crippen LogP contribution in [0.2, 0.25) is 0 Å². The van der Waals surface area contributed by atoms with Crippen LogP contribution in [0.1, 0.15) is 31.4 Å². The number of hydrogen-bond donors (Lipinski definition) is 2. The number of nitrogens with one attached hydrogen (secondary N) is 1. The van der Waals surface area contributed by atoms with Crippen molar-refractivity contribution >= 4 is 5.69 Å². The third-order valence-corrected chi connectivity index (χ3v) is 3.32. The maximum atomic E-state index is 9.83. The Bertz CT molecular complexity index is 396. The predicted molar refractivity (Wildman–Crippen MR) is 65.4 cm³/mol. The molecule has 0 radical (unpaired) electrons. The van der Waals surface area contributed by atoms with Gasteiger partial charge in [-0.3, -0.25) is 0 Å². The van der Waals surface area contributed by atoms with Gasteiger partial charge >= 0.3 is 0 Å². The van der Waals surface area contributed by atoms with Crippen LogP contribution in [0.4, 0.5) is 5.69 Å². The van der Waals surface area contributed by atoms with Gasteiger partial charge in [-0.25, -0.2) is 4.98 Å². The first-order valence-corrected chi connectivity index (χ1v) is 6.07. The third-order valence-electron chi connectivity index (χ3n) is 3.32. The molecule has 1 aliphatic carbocycles. The largest absolute Gasteiger partial charge is 0.393 e. The highest BCUT2D eigenvalue weighted by Crippen LogP contribution is 2.24. The molecular weight excluding hydrogens is 214 g/mol. The lowest BCUT2D eigenvalue weighted by Gasteiger charge is -2.27. The van der Waals surface area contributed by atoms with Gasteiger partial charge in [0.25, 0.3) is 0 Å². The van der Waals surface area contributed by atoms with E-state index in [0.717, 1.165) is 31.5 Å².